The highest BCUT2D eigenvalue weighted by molar-refractivity contribution is 7.81. The molecule has 1 saturated carbocycles. The molecule has 2 amide bonds. The van der Waals surface area contributed by atoms with Crippen molar-refractivity contribution in [3.05, 3.63) is 120 Å². The molecular weight excluding hydrogens is 556 g/mol. The Hall–Kier alpha value is -4.36. The molecule has 5 rings (SSSR count). The Morgan fingerprint density at radius 2 is 1.12 bits per heavy atom. The second-order valence-corrected chi connectivity index (χ2v) is 11.8. The summed E-state index contributed by atoms with van der Waals surface area (Å²) in [4.78, 5) is 39.0. The van der Waals surface area contributed by atoms with E-state index in [1.54, 1.807) is 0 Å². The van der Waals surface area contributed by atoms with Gasteiger partial charge < -0.3 is 15.7 Å². The molecule has 0 spiro atoms. The minimum absolute atomic E-state index is 0.133. The maximum absolute atomic E-state index is 13.6. The first-order valence-electron chi connectivity index (χ1n) is 14.7. The monoisotopic (exact) mass is 592 g/mol. The van der Waals surface area contributed by atoms with Crippen LogP contribution in [0.2, 0.25) is 0 Å². The zero-order valence-electron chi connectivity index (χ0n) is 23.9. The summed E-state index contributed by atoms with van der Waals surface area (Å²) in [6.07, 6.45) is 2.98. The number of amides is 2. The smallest absolute Gasteiger partial charge is 0.326 e. The molecule has 1 aliphatic carbocycles. The lowest BCUT2D eigenvalue weighted by Crippen LogP contribution is -2.61. The first kappa shape index (κ1) is 30.1. The van der Waals surface area contributed by atoms with Gasteiger partial charge in [-0.05, 0) is 52.6 Å². The molecule has 0 bridgehead atoms. The SMILES string of the molecule is O=C(NC1(C(=O)NC(Cc2ccc(-c3ccccc3)cc2)C(=O)O)CCCC1)C(S)Cc1ccc(-c2ccccc2)cc1. The van der Waals surface area contributed by atoms with Crippen LogP contribution in [0.25, 0.3) is 22.3 Å². The molecule has 3 N–H and O–H groups in total. The number of carboxylic acids is 1. The first-order chi connectivity index (χ1) is 20.8. The van der Waals surface area contributed by atoms with Crippen molar-refractivity contribution >= 4 is 30.4 Å². The van der Waals surface area contributed by atoms with E-state index in [4.69, 9.17) is 0 Å². The molecule has 4 aromatic carbocycles. The van der Waals surface area contributed by atoms with Crippen LogP contribution in [0.4, 0.5) is 0 Å². The predicted molar refractivity (Wildman–Crippen MR) is 173 cm³/mol. The second kappa shape index (κ2) is 13.7. The van der Waals surface area contributed by atoms with Gasteiger partial charge in [-0.25, -0.2) is 4.79 Å². The number of thiol groups is 1. The molecule has 7 heteroatoms. The summed E-state index contributed by atoms with van der Waals surface area (Å²) in [5, 5.41) is 15.0. The van der Waals surface area contributed by atoms with E-state index < -0.39 is 28.7 Å². The third-order valence-corrected chi connectivity index (χ3v) is 8.57. The van der Waals surface area contributed by atoms with Crippen LogP contribution in [0.1, 0.15) is 36.8 Å². The van der Waals surface area contributed by atoms with Gasteiger partial charge in [0.25, 0.3) is 0 Å². The van der Waals surface area contributed by atoms with E-state index in [-0.39, 0.29) is 12.3 Å². The zero-order valence-corrected chi connectivity index (χ0v) is 24.8. The largest absolute Gasteiger partial charge is 0.480 e. The molecule has 0 aliphatic heterocycles. The van der Waals surface area contributed by atoms with Crippen molar-refractivity contribution < 1.29 is 19.5 Å². The van der Waals surface area contributed by atoms with Crippen LogP contribution < -0.4 is 10.6 Å². The van der Waals surface area contributed by atoms with Crippen molar-refractivity contribution in [1.29, 1.82) is 0 Å². The van der Waals surface area contributed by atoms with Gasteiger partial charge >= 0.3 is 5.97 Å². The Morgan fingerprint density at radius 3 is 1.58 bits per heavy atom. The van der Waals surface area contributed by atoms with E-state index in [2.05, 4.69) is 23.3 Å². The Bertz CT molecular complexity index is 1530. The van der Waals surface area contributed by atoms with Crippen molar-refractivity contribution in [2.75, 3.05) is 0 Å². The number of hydrogen-bond donors (Lipinski definition) is 4. The second-order valence-electron chi connectivity index (χ2n) is 11.2. The predicted octanol–water partition coefficient (Wildman–Crippen LogP) is 6.10. The number of hydrogen-bond acceptors (Lipinski definition) is 4. The van der Waals surface area contributed by atoms with Crippen molar-refractivity contribution in [2.24, 2.45) is 0 Å². The van der Waals surface area contributed by atoms with Crippen LogP contribution in [-0.2, 0) is 27.2 Å². The van der Waals surface area contributed by atoms with Crippen molar-refractivity contribution in [1.82, 2.24) is 10.6 Å². The number of rotatable bonds is 11. The van der Waals surface area contributed by atoms with E-state index in [0.29, 0.717) is 19.3 Å². The van der Waals surface area contributed by atoms with Crippen molar-refractivity contribution in [3.63, 3.8) is 0 Å². The minimum atomic E-state index is -1.15. The molecular formula is C36H36N2O4S. The van der Waals surface area contributed by atoms with E-state index in [1.807, 2.05) is 109 Å². The molecule has 6 nitrogen and oxygen atoms in total. The van der Waals surface area contributed by atoms with Crippen LogP contribution in [0.5, 0.6) is 0 Å². The normalized spacial score (nSPS) is 15.3. The average molecular weight is 593 g/mol. The Kier molecular flexibility index (Phi) is 9.62. The van der Waals surface area contributed by atoms with Gasteiger partial charge in [-0.1, -0.05) is 122 Å². The molecule has 43 heavy (non-hydrogen) atoms. The molecule has 0 saturated heterocycles. The van der Waals surface area contributed by atoms with Gasteiger partial charge in [0.1, 0.15) is 11.6 Å². The molecule has 2 unspecified atom stereocenters. The highest BCUT2D eigenvalue weighted by atomic mass is 32.1. The van der Waals surface area contributed by atoms with Crippen LogP contribution in [-0.4, -0.2) is 39.7 Å². The zero-order chi connectivity index (χ0) is 30.2. The number of carboxylic acid groups (broad SMARTS) is 1. The van der Waals surface area contributed by atoms with Gasteiger partial charge in [-0.2, -0.15) is 12.6 Å². The third-order valence-electron chi connectivity index (χ3n) is 8.15. The highest BCUT2D eigenvalue weighted by Crippen LogP contribution is 2.31. The molecule has 0 radical (unpaired) electrons. The third kappa shape index (κ3) is 7.54. The highest BCUT2D eigenvalue weighted by Gasteiger charge is 2.44. The fourth-order valence-corrected chi connectivity index (χ4v) is 5.96. The van der Waals surface area contributed by atoms with Gasteiger partial charge in [0.15, 0.2) is 0 Å². The number of aliphatic carboxylic acids is 1. The number of carbonyl (C=O) groups excluding carboxylic acids is 2. The molecule has 0 heterocycles. The lowest BCUT2D eigenvalue weighted by Gasteiger charge is -2.31. The fourth-order valence-electron chi connectivity index (χ4n) is 5.68. The van der Waals surface area contributed by atoms with Gasteiger partial charge in [0, 0.05) is 6.42 Å². The number of nitrogens with one attached hydrogen (secondary N) is 2. The number of benzene rings is 4. The van der Waals surface area contributed by atoms with Gasteiger partial charge in [-0.15, -0.1) is 0 Å². The van der Waals surface area contributed by atoms with Crippen molar-refractivity contribution in [3.8, 4) is 22.3 Å². The average Bonchev–Trinajstić information content (AvgIpc) is 3.52. The summed E-state index contributed by atoms with van der Waals surface area (Å²) in [5.41, 5.74) is 4.91. The fraction of sp³-hybridized carbons (Fsp3) is 0.250. The van der Waals surface area contributed by atoms with Gasteiger partial charge in [0.2, 0.25) is 11.8 Å². The quantitative estimate of drug-likeness (QED) is 0.158. The topological polar surface area (TPSA) is 95.5 Å². The summed E-state index contributed by atoms with van der Waals surface area (Å²) in [5.74, 6) is -1.92. The van der Waals surface area contributed by atoms with Crippen LogP contribution >= 0.6 is 12.6 Å². The molecule has 2 atom stereocenters. The maximum atomic E-state index is 13.6. The number of carbonyl (C=O) groups is 3. The van der Waals surface area contributed by atoms with Crippen LogP contribution in [0, 0.1) is 0 Å². The summed E-state index contributed by atoms with van der Waals surface area (Å²) < 4.78 is 0. The molecule has 1 aliphatic rings. The van der Waals surface area contributed by atoms with Crippen LogP contribution in [0.3, 0.4) is 0 Å². The van der Waals surface area contributed by atoms with Gasteiger partial charge in [-0.3, -0.25) is 9.59 Å². The maximum Gasteiger partial charge on any atom is 0.326 e. The first-order valence-corrected chi connectivity index (χ1v) is 15.2. The molecule has 1 fully saturated rings. The standard InChI is InChI=1S/C36H36N2O4S/c39-33(32(43)24-26-15-19-30(20-16-26)28-11-5-2-6-12-28)38-36(21-7-8-22-36)35(42)37-31(34(40)41)23-25-13-17-29(18-14-25)27-9-3-1-4-10-27/h1-6,9-20,31-32,43H,7-8,21-24H2,(H,37,42)(H,38,39)(H,40,41). The van der Waals surface area contributed by atoms with Crippen LogP contribution in [0.15, 0.2) is 109 Å². The Labute approximate surface area is 258 Å². The summed E-state index contributed by atoms with van der Waals surface area (Å²) in [6.45, 7) is 0. The lowest BCUT2D eigenvalue weighted by atomic mass is 9.94. The van der Waals surface area contributed by atoms with E-state index in [1.165, 1.54) is 0 Å². The lowest BCUT2D eigenvalue weighted by molar-refractivity contribution is -0.143. The summed E-state index contributed by atoms with van der Waals surface area (Å²) >= 11 is 4.58. The van der Waals surface area contributed by atoms with E-state index in [0.717, 1.165) is 46.2 Å². The van der Waals surface area contributed by atoms with E-state index >= 15 is 0 Å². The van der Waals surface area contributed by atoms with Crippen molar-refractivity contribution in [2.45, 2.75) is 55.4 Å². The summed E-state index contributed by atoms with van der Waals surface area (Å²) in [6, 6.07) is 34.6. The minimum Gasteiger partial charge on any atom is -0.480 e. The molecule has 0 aromatic heterocycles. The van der Waals surface area contributed by atoms with Gasteiger partial charge in [0.05, 0.1) is 5.25 Å². The van der Waals surface area contributed by atoms with E-state index in [9.17, 15) is 19.5 Å². The Morgan fingerprint density at radius 1 is 0.674 bits per heavy atom. The molecule has 220 valence electrons. The Balaban J connectivity index is 1.21. The molecule has 4 aromatic rings. The summed E-state index contributed by atoms with van der Waals surface area (Å²) in [7, 11) is 0.